The van der Waals surface area contributed by atoms with Crippen LogP contribution in [0.5, 0.6) is 0 Å². The molecule has 3 amide bonds. The molecular weight excluding hydrogens is 482 g/mol. The number of fused-ring (bicyclic) bond motifs is 2. The normalized spacial score (nSPS) is 21.3. The third kappa shape index (κ3) is 4.01. The van der Waals surface area contributed by atoms with E-state index >= 15 is 0 Å². The molecular formula is C23H18ClN3O4S2. The minimum Gasteiger partial charge on any atom is -0.325 e. The molecule has 0 radical (unpaired) electrons. The average Bonchev–Trinajstić information content (AvgIpc) is 3.24. The highest BCUT2D eigenvalue weighted by Gasteiger charge is 2.52. The second kappa shape index (κ2) is 8.48. The number of carbonyl (C=O) groups excluding carboxylic acids is 3. The number of rotatable bonds is 4. The van der Waals surface area contributed by atoms with Crippen molar-refractivity contribution in [3.05, 3.63) is 79.2 Å². The van der Waals surface area contributed by atoms with Crippen LogP contribution in [0.3, 0.4) is 0 Å². The van der Waals surface area contributed by atoms with Gasteiger partial charge in [-0.2, -0.15) is 0 Å². The van der Waals surface area contributed by atoms with Crippen molar-refractivity contribution in [1.82, 2.24) is 9.88 Å². The van der Waals surface area contributed by atoms with Gasteiger partial charge < -0.3 is 5.32 Å². The van der Waals surface area contributed by atoms with Crippen LogP contribution in [0.1, 0.15) is 21.9 Å². The molecule has 2 unspecified atom stereocenters. The minimum absolute atomic E-state index is 0.189. The maximum absolute atomic E-state index is 12.9. The van der Waals surface area contributed by atoms with Crippen LogP contribution in [-0.2, 0) is 20.9 Å². The van der Waals surface area contributed by atoms with Gasteiger partial charge in [0.2, 0.25) is 17.7 Å². The van der Waals surface area contributed by atoms with E-state index in [0.717, 1.165) is 22.5 Å². The number of hydrogen-bond donors (Lipinski definition) is 2. The van der Waals surface area contributed by atoms with E-state index in [1.165, 1.54) is 16.3 Å². The average molecular weight is 500 g/mol. The molecule has 1 fully saturated rings. The molecule has 0 saturated carbocycles. The number of aryl methyl sites for hydroxylation is 1. The van der Waals surface area contributed by atoms with Gasteiger partial charge in [-0.3, -0.25) is 29.1 Å². The van der Waals surface area contributed by atoms with Crippen LogP contribution in [0.2, 0.25) is 5.02 Å². The maximum Gasteiger partial charge on any atom is 0.308 e. The molecule has 2 aliphatic heterocycles. The number of hydrogen-bond acceptors (Lipinski definition) is 6. The number of nitrogens with one attached hydrogen (secondary N) is 2. The molecule has 0 bridgehead atoms. The fourth-order valence-corrected chi connectivity index (χ4v) is 7.05. The first-order valence-electron chi connectivity index (χ1n) is 10.2. The van der Waals surface area contributed by atoms with E-state index in [1.807, 2.05) is 19.1 Å². The third-order valence-corrected chi connectivity index (χ3v) is 8.62. The van der Waals surface area contributed by atoms with Crippen molar-refractivity contribution in [3.63, 3.8) is 0 Å². The summed E-state index contributed by atoms with van der Waals surface area (Å²) in [6, 6.07) is 14.4. The van der Waals surface area contributed by atoms with Crippen LogP contribution in [0.4, 0.5) is 5.69 Å². The van der Waals surface area contributed by atoms with Gasteiger partial charge in [0, 0.05) is 21.5 Å². The van der Waals surface area contributed by atoms with Crippen LogP contribution < -0.4 is 15.5 Å². The van der Waals surface area contributed by atoms with Gasteiger partial charge in [-0.05, 0) is 36.8 Å². The summed E-state index contributed by atoms with van der Waals surface area (Å²) >= 11 is 8.22. The molecule has 168 valence electrons. The summed E-state index contributed by atoms with van der Waals surface area (Å²) < 4.78 is 1.39. The highest BCUT2D eigenvalue weighted by atomic mass is 35.5. The van der Waals surface area contributed by atoms with Crippen molar-refractivity contribution in [2.24, 2.45) is 5.92 Å². The Hall–Kier alpha value is -2.88. The number of amides is 3. The van der Waals surface area contributed by atoms with E-state index in [-0.39, 0.29) is 29.1 Å². The van der Waals surface area contributed by atoms with E-state index in [1.54, 1.807) is 36.4 Å². The second-order valence-electron chi connectivity index (χ2n) is 7.98. The van der Waals surface area contributed by atoms with Gasteiger partial charge >= 0.3 is 4.87 Å². The summed E-state index contributed by atoms with van der Waals surface area (Å²) in [5.74, 6) is -2.20. The number of thiazole rings is 1. The highest BCUT2D eigenvalue weighted by Crippen LogP contribution is 2.51. The Morgan fingerprint density at radius 2 is 1.76 bits per heavy atom. The lowest BCUT2D eigenvalue weighted by molar-refractivity contribution is -0.126. The molecule has 2 N–H and O–H groups in total. The number of aromatic nitrogens is 1. The summed E-state index contributed by atoms with van der Waals surface area (Å²) in [6.07, 6.45) is 0. The van der Waals surface area contributed by atoms with E-state index in [9.17, 15) is 19.2 Å². The predicted octanol–water partition coefficient (Wildman–Crippen LogP) is 3.39. The standard InChI is InChI=1S/C23H18ClN3O4S2/c1-11-2-8-14(9-3-11)25-15(28)10-27-22-19(33-23(27)31)16(12-4-6-13(24)7-5-12)17-18(32-22)21(30)26-20(17)29/h2-9,16-18H,10H2,1H3,(H,25,28)(H,26,29,30)/t16-,17?,18?/m0/s1. The first-order chi connectivity index (χ1) is 15.8. The number of anilines is 1. The molecule has 7 nitrogen and oxygen atoms in total. The molecule has 2 aliphatic rings. The Bertz CT molecular complexity index is 1330. The molecule has 0 aliphatic carbocycles. The fourth-order valence-electron chi connectivity index (χ4n) is 4.19. The van der Waals surface area contributed by atoms with Gasteiger partial charge in [-0.25, -0.2) is 0 Å². The number of thioether (sulfide) groups is 1. The van der Waals surface area contributed by atoms with Gasteiger partial charge in [-0.15, -0.1) is 0 Å². The van der Waals surface area contributed by atoms with E-state index in [2.05, 4.69) is 10.6 Å². The number of benzene rings is 2. The van der Waals surface area contributed by atoms with Crippen LogP contribution in [0, 0.1) is 12.8 Å². The quantitative estimate of drug-likeness (QED) is 0.536. The SMILES string of the molecule is Cc1ccc(NC(=O)Cn2c3c(sc2=O)[C@@H](c2ccc(Cl)cc2)C2C(=O)NC(=O)C2S3)cc1. The Kier molecular flexibility index (Phi) is 5.64. The lowest BCUT2D eigenvalue weighted by Gasteiger charge is -2.30. The van der Waals surface area contributed by atoms with E-state index < -0.39 is 17.1 Å². The first kappa shape index (κ1) is 21.9. The molecule has 5 rings (SSSR count). The van der Waals surface area contributed by atoms with Crippen LogP contribution >= 0.6 is 34.7 Å². The van der Waals surface area contributed by atoms with Crippen molar-refractivity contribution in [1.29, 1.82) is 0 Å². The number of nitrogens with zero attached hydrogens (tertiary/aromatic N) is 1. The van der Waals surface area contributed by atoms with E-state index in [4.69, 9.17) is 11.6 Å². The van der Waals surface area contributed by atoms with Gasteiger partial charge in [0.1, 0.15) is 11.8 Å². The molecule has 10 heteroatoms. The zero-order valence-electron chi connectivity index (χ0n) is 17.3. The molecule has 33 heavy (non-hydrogen) atoms. The predicted molar refractivity (Wildman–Crippen MR) is 128 cm³/mol. The van der Waals surface area contributed by atoms with Crippen molar-refractivity contribution in [2.75, 3.05) is 5.32 Å². The van der Waals surface area contributed by atoms with Gasteiger partial charge in [0.05, 0.1) is 10.9 Å². The molecule has 3 aromatic rings. The zero-order chi connectivity index (χ0) is 23.3. The molecule has 1 aromatic heterocycles. The molecule has 0 spiro atoms. The van der Waals surface area contributed by atoms with Gasteiger partial charge in [0.15, 0.2) is 0 Å². The summed E-state index contributed by atoms with van der Waals surface area (Å²) in [6.45, 7) is 1.76. The van der Waals surface area contributed by atoms with E-state index in [0.29, 0.717) is 20.6 Å². The summed E-state index contributed by atoms with van der Waals surface area (Å²) in [4.78, 5) is 51.2. The van der Waals surface area contributed by atoms with Crippen molar-refractivity contribution >= 4 is 58.1 Å². The van der Waals surface area contributed by atoms with Crippen molar-refractivity contribution in [3.8, 4) is 0 Å². The van der Waals surface area contributed by atoms with Crippen LogP contribution in [0.25, 0.3) is 0 Å². The molecule has 3 atom stereocenters. The first-order valence-corrected chi connectivity index (χ1v) is 12.3. The number of imide groups is 1. The van der Waals surface area contributed by atoms with Crippen molar-refractivity contribution in [2.45, 2.75) is 29.7 Å². The largest absolute Gasteiger partial charge is 0.325 e. The van der Waals surface area contributed by atoms with Crippen molar-refractivity contribution < 1.29 is 14.4 Å². The maximum atomic E-state index is 12.9. The summed E-state index contributed by atoms with van der Waals surface area (Å²) in [7, 11) is 0. The molecule has 2 aromatic carbocycles. The monoisotopic (exact) mass is 499 g/mol. The summed E-state index contributed by atoms with van der Waals surface area (Å²) in [5, 5.41) is 5.64. The Morgan fingerprint density at radius 1 is 1.06 bits per heavy atom. The Morgan fingerprint density at radius 3 is 2.45 bits per heavy atom. The smallest absolute Gasteiger partial charge is 0.308 e. The topological polar surface area (TPSA) is 97.3 Å². The highest BCUT2D eigenvalue weighted by molar-refractivity contribution is 8.00. The number of halogens is 1. The minimum atomic E-state index is -0.675. The number of carbonyl (C=O) groups is 3. The second-order valence-corrected chi connectivity index (χ2v) is 10.5. The lowest BCUT2D eigenvalue weighted by Crippen LogP contribution is -2.32. The van der Waals surface area contributed by atoms with Crippen LogP contribution in [0.15, 0.2) is 58.4 Å². The molecule has 1 saturated heterocycles. The van der Waals surface area contributed by atoms with Gasteiger partial charge in [-0.1, -0.05) is 64.5 Å². The summed E-state index contributed by atoms with van der Waals surface area (Å²) in [5.41, 5.74) is 2.49. The lowest BCUT2D eigenvalue weighted by atomic mass is 9.83. The zero-order valence-corrected chi connectivity index (χ0v) is 19.7. The Balaban J connectivity index is 1.52. The van der Waals surface area contributed by atoms with Gasteiger partial charge in [0.25, 0.3) is 0 Å². The fraction of sp³-hybridized carbons (Fsp3) is 0.217. The third-order valence-electron chi connectivity index (χ3n) is 5.75. The Labute approximate surface area is 202 Å². The van der Waals surface area contributed by atoms with Crippen LogP contribution in [-0.4, -0.2) is 27.5 Å². The molecule has 3 heterocycles.